The standard InChI is InChI=1S/C15H12I4N2O5/c16-7-3-6(4-8(17)11(7)22)26-12-9(18)1-5(2-10(12)19)13(20)15(21,25)14(23)24/h1-4,13,22,25H,20-21H2,(H,23,24)/t13?,15-/m1/s1. The predicted molar refractivity (Wildman–Crippen MR) is 129 cm³/mol. The molecule has 0 amide bonds. The van der Waals surface area contributed by atoms with Crippen molar-refractivity contribution in [2.45, 2.75) is 11.8 Å². The summed E-state index contributed by atoms with van der Waals surface area (Å²) >= 11 is 8.09. The van der Waals surface area contributed by atoms with Gasteiger partial charge in [-0.3, -0.25) is 5.73 Å². The van der Waals surface area contributed by atoms with Crippen LogP contribution in [0.4, 0.5) is 0 Å². The van der Waals surface area contributed by atoms with Crippen LogP contribution in [0.25, 0.3) is 0 Å². The third-order valence-corrected chi connectivity index (χ3v) is 6.65. The molecule has 0 bridgehead atoms. The molecule has 2 aromatic carbocycles. The number of halogens is 4. The van der Waals surface area contributed by atoms with Gasteiger partial charge in [-0.25, -0.2) is 4.79 Å². The molecule has 7 N–H and O–H groups in total. The molecular formula is C15H12I4N2O5. The average Bonchev–Trinajstić information content (AvgIpc) is 2.54. The van der Waals surface area contributed by atoms with Gasteiger partial charge in [-0.2, -0.15) is 0 Å². The summed E-state index contributed by atoms with van der Waals surface area (Å²) in [5, 5.41) is 28.8. The van der Waals surface area contributed by atoms with Crippen molar-refractivity contribution in [2.24, 2.45) is 11.5 Å². The Bertz CT molecular complexity index is 829. The first-order valence-electron chi connectivity index (χ1n) is 6.80. The van der Waals surface area contributed by atoms with Crippen LogP contribution in [0.1, 0.15) is 11.6 Å². The van der Waals surface area contributed by atoms with Crippen molar-refractivity contribution in [2.75, 3.05) is 0 Å². The average molecular weight is 808 g/mol. The number of aromatic hydroxyl groups is 1. The molecule has 0 aliphatic rings. The van der Waals surface area contributed by atoms with Crippen molar-refractivity contribution in [3.8, 4) is 17.2 Å². The number of ether oxygens (including phenoxy) is 1. The number of carbonyl (C=O) groups is 1. The lowest BCUT2D eigenvalue weighted by Crippen LogP contribution is -2.55. The first-order valence-corrected chi connectivity index (χ1v) is 11.1. The van der Waals surface area contributed by atoms with E-state index in [1.807, 2.05) is 90.4 Å². The molecule has 0 saturated carbocycles. The summed E-state index contributed by atoms with van der Waals surface area (Å²) in [7, 11) is 0. The Balaban J connectivity index is 2.40. The number of benzene rings is 2. The van der Waals surface area contributed by atoms with Crippen LogP contribution in [0.3, 0.4) is 0 Å². The number of carboxylic acids is 1. The smallest absolute Gasteiger partial charge is 0.353 e. The van der Waals surface area contributed by atoms with Gasteiger partial charge in [0.2, 0.25) is 5.72 Å². The number of nitrogens with two attached hydrogens (primary N) is 2. The van der Waals surface area contributed by atoms with Crippen molar-refractivity contribution in [3.05, 3.63) is 44.1 Å². The fourth-order valence-electron chi connectivity index (χ4n) is 1.96. The molecule has 1 unspecified atom stereocenters. The van der Waals surface area contributed by atoms with Crippen LogP contribution >= 0.6 is 90.4 Å². The van der Waals surface area contributed by atoms with Crippen LogP contribution in [0.15, 0.2) is 24.3 Å². The van der Waals surface area contributed by atoms with Gasteiger partial charge in [0.05, 0.1) is 20.3 Å². The number of aliphatic hydroxyl groups is 1. The predicted octanol–water partition coefficient (Wildman–Crippen LogP) is 3.33. The van der Waals surface area contributed by atoms with Crippen molar-refractivity contribution < 1.29 is 24.9 Å². The molecule has 0 aromatic heterocycles. The topological polar surface area (TPSA) is 139 Å². The largest absolute Gasteiger partial charge is 0.506 e. The van der Waals surface area contributed by atoms with E-state index in [9.17, 15) is 15.0 Å². The van der Waals surface area contributed by atoms with E-state index in [-0.39, 0.29) is 5.75 Å². The van der Waals surface area contributed by atoms with E-state index in [0.29, 0.717) is 31.3 Å². The van der Waals surface area contributed by atoms with Crippen LogP contribution in [-0.4, -0.2) is 27.0 Å². The number of hydrogen-bond donors (Lipinski definition) is 5. The van der Waals surface area contributed by atoms with Crippen LogP contribution in [-0.2, 0) is 4.79 Å². The summed E-state index contributed by atoms with van der Waals surface area (Å²) in [6, 6.07) is 5.31. The van der Waals surface area contributed by atoms with E-state index in [0.717, 1.165) is 0 Å². The lowest BCUT2D eigenvalue weighted by atomic mass is 9.97. The van der Waals surface area contributed by atoms with Gasteiger partial charge in [0.1, 0.15) is 11.5 Å². The third kappa shape index (κ3) is 4.83. The fraction of sp³-hybridized carbons (Fsp3) is 0.133. The molecule has 0 heterocycles. The van der Waals surface area contributed by atoms with Gasteiger partial charge >= 0.3 is 5.97 Å². The quantitative estimate of drug-likeness (QED) is 0.231. The lowest BCUT2D eigenvalue weighted by molar-refractivity contribution is -0.160. The molecule has 11 heteroatoms. The van der Waals surface area contributed by atoms with Crippen molar-refractivity contribution in [3.63, 3.8) is 0 Å². The molecule has 2 atom stereocenters. The minimum Gasteiger partial charge on any atom is -0.506 e. The molecule has 0 aliphatic carbocycles. The maximum absolute atomic E-state index is 11.1. The van der Waals surface area contributed by atoms with Crippen LogP contribution < -0.4 is 16.2 Å². The van der Waals surface area contributed by atoms with Crippen LogP contribution in [0.2, 0.25) is 0 Å². The fourth-order valence-corrected chi connectivity index (χ4v) is 5.71. The number of aliphatic carboxylic acids is 1. The molecular weight excluding hydrogens is 796 g/mol. The maximum Gasteiger partial charge on any atom is 0.353 e. The number of phenols is 1. The summed E-state index contributed by atoms with van der Waals surface area (Å²) in [5.41, 5.74) is 9.03. The third-order valence-electron chi connectivity index (χ3n) is 3.41. The van der Waals surface area contributed by atoms with E-state index < -0.39 is 17.7 Å². The highest BCUT2D eigenvalue weighted by Crippen LogP contribution is 2.38. The highest BCUT2D eigenvalue weighted by molar-refractivity contribution is 14.1. The van der Waals surface area contributed by atoms with E-state index in [1.165, 1.54) is 0 Å². The Morgan fingerprint density at radius 2 is 1.50 bits per heavy atom. The first-order chi connectivity index (χ1) is 11.9. The molecule has 0 aliphatic heterocycles. The molecule has 0 spiro atoms. The van der Waals surface area contributed by atoms with Gasteiger partial charge in [-0.15, -0.1) is 0 Å². The zero-order valence-corrected chi connectivity index (χ0v) is 21.3. The minimum atomic E-state index is -2.59. The zero-order chi connectivity index (χ0) is 19.8. The SMILES string of the molecule is NC(c1cc(I)c(Oc2cc(I)c(O)c(I)c2)c(I)c1)[C@@](N)(O)C(=O)O. The van der Waals surface area contributed by atoms with Crippen LogP contribution in [0, 0.1) is 14.3 Å². The van der Waals surface area contributed by atoms with Crippen molar-refractivity contribution >= 4 is 96.3 Å². The van der Waals surface area contributed by atoms with Gasteiger partial charge in [-0.1, -0.05) is 0 Å². The summed E-state index contributed by atoms with van der Waals surface area (Å²) in [5.74, 6) is -0.315. The Kier molecular flexibility index (Phi) is 7.62. The first kappa shape index (κ1) is 22.6. The molecule has 0 radical (unpaired) electrons. The van der Waals surface area contributed by atoms with Crippen LogP contribution in [0.5, 0.6) is 17.2 Å². The van der Waals surface area contributed by atoms with Gasteiger partial charge in [0, 0.05) is 0 Å². The summed E-state index contributed by atoms with van der Waals surface area (Å²) in [4.78, 5) is 11.1. The van der Waals surface area contributed by atoms with E-state index >= 15 is 0 Å². The second-order valence-corrected chi connectivity index (χ2v) is 9.91. The molecule has 26 heavy (non-hydrogen) atoms. The summed E-state index contributed by atoms with van der Waals surface area (Å²) < 4.78 is 8.58. The zero-order valence-electron chi connectivity index (χ0n) is 12.7. The monoisotopic (exact) mass is 808 g/mol. The van der Waals surface area contributed by atoms with Gasteiger partial charge in [0.15, 0.2) is 5.75 Å². The number of hydrogen-bond acceptors (Lipinski definition) is 6. The minimum absolute atomic E-state index is 0.195. The van der Waals surface area contributed by atoms with Crippen molar-refractivity contribution in [1.29, 1.82) is 0 Å². The number of phenolic OH excluding ortho intramolecular Hbond substituents is 1. The van der Waals surface area contributed by atoms with E-state index in [1.54, 1.807) is 24.3 Å². The molecule has 0 saturated heterocycles. The maximum atomic E-state index is 11.1. The molecule has 2 aromatic rings. The van der Waals surface area contributed by atoms with Gasteiger partial charge in [-0.05, 0) is 120 Å². The molecule has 0 fully saturated rings. The number of rotatable bonds is 5. The highest BCUT2D eigenvalue weighted by Gasteiger charge is 2.39. The van der Waals surface area contributed by atoms with Gasteiger partial charge in [0.25, 0.3) is 0 Å². The molecule has 2 rings (SSSR count). The van der Waals surface area contributed by atoms with Crippen molar-refractivity contribution in [1.82, 2.24) is 0 Å². The Labute approximate surface area is 203 Å². The Morgan fingerprint density at radius 1 is 1.04 bits per heavy atom. The summed E-state index contributed by atoms with van der Waals surface area (Å²) in [6.45, 7) is 0. The second-order valence-electron chi connectivity index (χ2n) is 5.26. The van der Waals surface area contributed by atoms with E-state index in [2.05, 4.69) is 0 Å². The van der Waals surface area contributed by atoms with E-state index in [4.69, 9.17) is 21.3 Å². The highest BCUT2D eigenvalue weighted by atomic mass is 127. The Hall–Kier alpha value is 0.310. The second kappa shape index (κ2) is 8.76. The Morgan fingerprint density at radius 3 is 1.92 bits per heavy atom. The molecule has 140 valence electrons. The summed E-state index contributed by atoms with van der Waals surface area (Å²) in [6.07, 6.45) is 0. The number of carboxylic acid groups (broad SMARTS) is 1. The van der Waals surface area contributed by atoms with Gasteiger partial charge < -0.3 is 25.8 Å². The molecule has 7 nitrogen and oxygen atoms in total. The normalized spacial score (nSPS) is 14.6. The lowest BCUT2D eigenvalue weighted by Gasteiger charge is -2.26.